The summed E-state index contributed by atoms with van der Waals surface area (Å²) in [5.41, 5.74) is 1.15. The number of imidazole rings is 1. The van der Waals surface area contributed by atoms with Crippen molar-refractivity contribution < 1.29 is 13.6 Å². The fraction of sp³-hybridized carbons (Fsp3) is 0.765. The number of hydrogen-bond donors (Lipinski definition) is 0. The van der Waals surface area contributed by atoms with E-state index < -0.39 is 19.0 Å². The van der Waals surface area contributed by atoms with Crippen LogP contribution >= 0.6 is 0 Å². The molecular weight excluding hydrogens is 314 g/mol. The molecule has 0 radical (unpaired) electrons. The Kier molecular flexibility index (Phi) is 3.67. The highest BCUT2D eigenvalue weighted by atomic mass is 19.3. The van der Waals surface area contributed by atoms with Gasteiger partial charge >= 0.3 is 0 Å². The second kappa shape index (κ2) is 5.51. The van der Waals surface area contributed by atoms with Crippen molar-refractivity contribution in [2.75, 3.05) is 26.2 Å². The molecule has 0 bridgehead atoms. The normalized spacial score (nSPS) is 32.5. The Bertz CT molecular complexity index is 638. The molecule has 132 valence electrons. The van der Waals surface area contributed by atoms with Gasteiger partial charge in [0.15, 0.2) is 0 Å². The zero-order valence-corrected chi connectivity index (χ0v) is 14.0. The first kappa shape index (κ1) is 16.0. The van der Waals surface area contributed by atoms with Crippen LogP contribution < -0.4 is 0 Å². The Morgan fingerprint density at radius 2 is 2.12 bits per heavy atom. The van der Waals surface area contributed by atoms with Gasteiger partial charge < -0.3 is 9.47 Å². The van der Waals surface area contributed by atoms with Gasteiger partial charge in [0.1, 0.15) is 0 Å². The predicted octanol–water partition coefficient (Wildman–Crippen LogP) is 1.89. The smallest absolute Gasteiger partial charge is 0.282 e. The first-order valence-corrected chi connectivity index (χ1v) is 8.73. The summed E-state index contributed by atoms with van der Waals surface area (Å²) >= 11 is 0. The summed E-state index contributed by atoms with van der Waals surface area (Å²) in [6.45, 7) is 1.90. The Hall–Kier alpha value is -1.50. The van der Waals surface area contributed by atoms with Crippen LogP contribution in [0.4, 0.5) is 8.78 Å². The van der Waals surface area contributed by atoms with Gasteiger partial charge in [0.2, 0.25) is 5.91 Å². The molecule has 1 aromatic heterocycles. The van der Waals surface area contributed by atoms with Gasteiger partial charge in [0, 0.05) is 32.3 Å². The van der Waals surface area contributed by atoms with Crippen LogP contribution in [-0.4, -0.2) is 57.4 Å². The highest BCUT2D eigenvalue weighted by molar-refractivity contribution is 5.81. The van der Waals surface area contributed by atoms with Crippen molar-refractivity contribution in [2.45, 2.75) is 38.2 Å². The molecule has 7 heteroatoms. The average Bonchev–Trinajstić information content (AvgIpc) is 3.20. The van der Waals surface area contributed by atoms with E-state index in [0.717, 1.165) is 51.0 Å². The summed E-state index contributed by atoms with van der Waals surface area (Å²) in [5.74, 6) is -2.80. The van der Waals surface area contributed by atoms with Crippen LogP contribution in [0, 0.1) is 11.3 Å². The van der Waals surface area contributed by atoms with Crippen LogP contribution in [0.25, 0.3) is 0 Å². The van der Waals surface area contributed by atoms with Crippen LogP contribution in [0.1, 0.15) is 31.4 Å². The monoisotopic (exact) mass is 338 g/mol. The van der Waals surface area contributed by atoms with E-state index in [9.17, 15) is 13.6 Å². The van der Waals surface area contributed by atoms with E-state index >= 15 is 0 Å². The van der Waals surface area contributed by atoms with Gasteiger partial charge in [-0.25, -0.2) is 13.8 Å². The number of aryl methyl sites for hydroxylation is 1. The molecule has 2 aliphatic heterocycles. The zero-order valence-electron chi connectivity index (χ0n) is 14.0. The lowest BCUT2D eigenvalue weighted by molar-refractivity contribution is -0.172. The molecule has 3 heterocycles. The summed E-state index contributed by atoms with van der Waals surface area (Å²) in [5, 5.41) is 0. The molecular formula is C17H24F2N4O. The maximum atomic E-state index is 13.1. The fourth-order valence-corrected chi connectivity index (χ4v) is 4.79. The Balaban J connectivity index is 1.43. The maximum Gasteiger partial charge on any atom is 0.282 e. The van der Waals surface area contributed by atoms with Gasteiger partial charge in [0.05, 0.1) is 25.1 Å². The van der Waals surface area contributed by atoms with Crippen LogP contribution in [-0.2, 0) is 18.4 Å². The lowest BCUT2D eigenvalue weighted by Crippen LogP contribution is -2.60. The van der Waals surface area contributed by atoms with Crippen molar-refractivity contribution in [3.05, 3.63) is 18.2 Å². The third kappa shape index (κ3) is 2.62. The van der Waals surface area contributed by atoms with Crippen molar-refractivity contribution in [1.82, 2.24) is 19.4 Å². The van der Waals surface area contributed by atoms with Gasteiger partial charge in [-0.1, -0.05) is 6.42 Å². The first-order valence-electron chi connectivity index (χ1n) is 8.73. The number of halogens is 2. The largest absolute Gasteiger partial charge is 0.337 e. The van der Waals surface area contributed by atoms with E-state index in [-0.39, 0.29) is 17.2 Å². The lowest BCUT2D eigenvalue weighted by Gasteiger charge is -2.42. The van der Waals surface area contributed by atoms with E-state index in [1.807, 2.05) is 17.8 Å². The molecule has 0 aromatic carbocycles. The minimum absolute atomic E-state index is 0.0133. The molecule has 1 saturated carbocycles. The number of amides is 1. The summed E-state index contributed by atoms with van der Waals surface area (Å²) < 4.78 is 28.2. The number of aromatic nitrogens is 2. The summed E-state index contributed by atoms with van der Waals surface area (Å²) in [4.78, 5) is 20.6. The average molecular weight is 338 g/mol. The molecule has 3 aliphatic rings. The van der Waals surface area contributed by atoms with E-state index in [1.54, 1.807) is 6.33 Å². The third-order valence-corrected chi connectivity index (χ3v) is 6.13. The second-order valence-electron chi connectivity index (χ2n) is 7.81. The second-order valence-corrected chi connectivity index (χ2v) is 7.81. The molecule has 1 amide bonds. The zero-order chi connectivity index (χ0) is 16.9. The maximum absolute atomic E-state index is 13.1. The molecule has 24 heavy (non-hydrogen) atoms. The number of likely N-dealkylation sites (tertiary alicyclic amines) is 2. The van der Waals surface area contributed by atoms with Gasteiger partial charge in [-0.15, -0.1) is 0 Å². The minimum Gasteiger partial charge on any atom is -0.337 e. The number of hydrogen-bond acceptors (Lipinski definition) is 3. The number of alkyl halides is 2. The molecule has 0 unspecified atom stereocenters. The summed E-state index contributed by atoms with van der Waals surface area (Å²) in [6, 6.07) is 0. The third-order valence-electron chi connectivity index (χ3n) is 6.13. The number of carbonyl (C=O) groups is 1. The van der Waals surface area contributed by atoms with Crippen molar-refractivity contribution in [3.8, 4) is 0 Å². The molecule has 0 N–H and O–H groups in total. The van der Waals surface area contributed by atoms with Crippen molar-refractivity contribution >= 4 is 5.91 Å². The van der Waals surface area contributed by atoms with Gasteiger partial charge in [-0.05, 0) is 31.2 Å². The predicted molar refractivity (Wildman–Crippen MR) is 84.4 cm³/mol. The van der Waals surface area contributed by atoms with E-state index in [0.29, 0.717) is 0 Å². The van der Waals surface area contributed by atoms with E-state index in [2.05, 4.69) is 9.88 Å². The number of rotatable bonds is 3. The van der Waals surface area contributed by atoms with Gasteiger partial charge in [-0.3, -0.25) is 9.69 Å². The minimum atomic E-state index is -2.68. The Morgan fingerprint density at radius 3 is 2.79 bits per heavy atom. The van der Waals surface area contributed by atoms with Crippen LogP contribution in [0.15, 0.2) is 12.5 Å². The quantitative estimate of drug-likeness (QED) is 0.845. The molecule has 1 aromatic rings. The fourth-order valence-electron chi connectivity index (χ4n) is 4.79. The Labute approximate surface area is 140 Å². The van der Waals surface area contributed by atoms with Crippen LogP contribution in [0.2, 0.25) is 0 Å². The SMILES string of the molecule is Cn1cncc1CN1CC[C@]2(CCC[C@H]2C(=O)N2CC(F)(F)C2)C1. The summed E-state index contributed by atoms with van der Waals surface area (Å²) in [6.07, 6.45) is 7.58. The Morgan fingerprint density at radius 1 is 1.33 bits per heavy atom. The van der Waals surface area contributed by atoms with Crippen molar-refractivity contribution in [2.24, 2.45) is 18.4 Å². The van der Waals surface area contributed by atoms with Crippen molar-refractivity contribution in [1.29, 1.82) is 0 Å². The highest BCUT2D eigenvalue weighted by Crippen LogP contribution is 2.51. The van der Waals surface area contributed by atoms with Crippen molar-refractivity contribution in [3.63, 3.8) is 0 Å². The topological polar surface area (TPSA) is 41.4 Å². The molecule has 2 saturated heterocycles. The van der Waals surface area contributed by atoms with Gasteiger partial charge in [0.25, 0.3) is 5.92 Å². The number of carbonyl (C=O) groups excluding carboxylic acids is 1. The lowest BCUT2D eigenvalue weighted by atomic mass is 9.76. The molecule has 5 nitrogen and oxygen atoms in total. The molecule has 4 rings (SSSR count). The van der Waals surface area contributed by atoms with Crippen LogP contribution in [0.3, 0.4) is 0 Å². The standard InChI is InChI=1S/C17H24F2N4O/c1-21-12-20-7-13(21)8-22-6-5-16(9-22)4-2-3-14(16)15(24)23-10-17(18,19)11-23/h7,12,14H,2-6,8-11H2,1H3/t14-,16+/m0/s1. The van der Waals surface area contributed by atoms with E-state index in [4.69, 9.17) is 0 Å². The molecule has 1 aliphatic carbocycles. The first-order chi connectivity index (χ1) is 11.4. The molecule has 1 spiro atoms. The van der Waals surface area contributed by atoms with E-state index in [1.165, 1.54) is 4.90 Å². The van der Waals surface area contributed by atoms with Gasteiger partial charge in [-0.2, -0.15) is 0 Å². The number of nitrogens with zero attached hydrogens (tertiary/aromatic N) is 4. The molecule has 3 fully saturated rings. The van der Waals surface area contributed by atoms with Crippen LogP contribution in [0.5, 0.6) is 0 Å². The highest BCUT2D eigenvalue weighted by Gasteiger charge is 2.55. The summed E-state index contributed by atoms with van der Waals surface area (Å²) in [7, 11) is 1.99. The molecule has 2 atom stereocenters.